The van der Waals surface area contributed by atoms with Crippen molar-refractivity contribution in [1.29, 1.82) is 0 Å². The van der Waals surface area contributed by atoms with Gasteiger partial charge in [-0.2, -0.15) is 5.10 Å². The van der Waals surface area contributed by atoms with E-state index in [-0.39, 0.29) is 5.91 Å². The van der Waals surface area contributed by atoms with E-state index in [4.69, 9.17) is 4.74 Å². The number of morpholine rings is 1. The lowest BCUT2D eigenvalue weighted by molar-refractivity contribution is 0.102. The molecule has 1 aliphatic heterocycles. The van der Waals surface area contributed by atoms with Crippen LogP contribution in [0.1, 0.15) is 10.5 Å². The molecule has 0 unspecified atom stereocenters. The number of aromatic nitrogens is 3. The number of hydrogen-bond acceptors (Lipinski definition) is 5. The van der Waals surface area contributed by atoms with E-state index in [1.54, 1.807) is 12.3 Å². The Morgan fingerprint density at radius 1 is 1.12 bits per heavy atom. The van der Waals surface area contributed by atoms with Crippen LogP contribution in [0.4, 0.5) is 11.5 Å². The first-order valence-corrected chi connectivity index (χ1v) is 8.51. The van der Waals surface area contributed by atoms with E-state index in [0.717, 1.165) is 30.2 Å². The number of aromatic amines is 1. The lowest BCUT2D eigenvalue weighted by atomic mass is 10.1. The highest BCUT2D eigenvalue weighted by atomic mass is 16.5. The second-order valence-electron chi connectivity index (χ2n) is 5.96. The quantitative estimate of drug-likeness (QED) is 0.756. The summed E-state index contributed by atoms with van der Waals surface area (Å²) >= 11 is 0. The monoisotopic (exact) mass is 349 g/mol. The molecule has 1 fully saturated rings. The number of rotatable bonds is 4. The Labute approximate surface area is 151 Å². The molecule has 1 saturated heterocycles. The standard InChI is InChI=1S/C19H19N5O2/c25-19(17-13-16(22-23-17)14-5-2-1-3-6-14)21-15-7-4-8-20-18(15)24-9-11-26-12-10-24/h1-8,13H,9-12H2,(H,21,25)(H,22,23). The largest absolute Gasteiger partial charge is 0.378 e. The van der Waals surface area contributed by atoms with E-state index >= 15 is 0 Å². The van der Waals surface area contributed by atoms with Crippen LogP contribution in [-0.2, 0) is 4.74 Å². The molecule has 0 aliphatic carbocycles. The Kier molecular flexibility index (Phi) is 4.61. The number of H-pyrrole nitrogens is 1. The number of anilines is 2. The topological polar surface area (TPSA) is 83.1 Å². The Morgan fingerprint density at radius 3 is 2.73 bits per heavy atom. The number of nitrogens with one attached hydrogen (secondary N) is 2. The minimum Gasteiger partial charge on any atom is -0.378 e. The zero-order valence-electron chi connectivity index (χ0n) is 14.2. The van der Waals surface area contributed by atoms with Crippen LogP contribution < -0.4 is 10.2 Å². The van der Waals surface area contributed by atoms with Crippen LogP contribution in [-0.4, -0.2) is 47.4 Å². The summed E-state index contributed by atoms with van der Waals surface area (Å²) in [6.07, 6.45) is 1.73. The average Bonchev–Trinajstić information content (AvgIpc) is 3.20. The van der Waals surface area contributed by atoms with Gasteiger partial charge in [-0.15, -0.1) is 0 Å². The molecule has 0 atom stereocenters. The molecule has 26 heavy (non-hydrogen) atoms. The Morgan fingerprint density at radius 2 is 1.92 bits per heavy atom. The minimum absolute atomic E-state index is 0.248. The first kappa shape index (κ1) is 16.3. The second-order valence-corrected chi connectivity index (χ2v) is 5.96. The van der Waals surface area contributed by atoms with Crippen molar-refractivity contribution in [2.75, 3.05) is 36.5 Å². The molecule has 2 N–H and O–H groups in total. The Bertz CT molecular complexity index is 888. The number of amides is 1. The normalized spacial score (nSPS) is 14.2. The molecule has 7 heteroatoms. The van der Waals surface area contributed by atoms with E-state index in [2.05, 4.69) is 25.4 Å². The van der Waals surface area contributed by atoms with E-state index in [1.807, 2.05) is 42.5 Å². The van der Waals surface area contributed by atoms with Crippen LogP contribution in [0.3, 0.4) is 0 Å². The highest BCUT2D eigenvalue weighted by Crippen LogP contribution is 2.24. The van der Waals surface area contributed by atoms with Gasteiger partial charge in [0, 0.05) is 24.8 Å². The van der Waals surface area contributed by atoms with Crippen LogP contribution >= 0.6 is 0 Å². The molecular weight excluding hydrogens is 330 g/mol. The van der Waals surface area contributed by atoms with Gasteiger partial charge in [-0.3, -0.25) is 9.89 Å². The van der Waals surface area contributed by atoms with E-state index in [1.165, 1.54) is 0 Å². The molecule has 1 aromatic carbocycles. The van der Waals surface area contributed by atoms with Crippen LogP contribution in [0, 0.1) is 0 Å². The third kappa shape index (κ3) is 3.43. The van der Waals surface area contributed by atoms with Gasteiger partial charge in [-0.25, -0.2) is 4.98 Å². The van der Waals surface area contributed by atoms with Crippen molar-refractivity contribution < 1.29 is 9.53 Å². The summed E-state index contributed by atoms with van der Waals surface area (Å²) in [5.41, 5.74) is 2.77. The van der Waals surface area contributed by atoms with E-state index in [0.29, 0.717) is 24.6 Å². The van der Waals surface area contributed by atoms with Crippen molar-refractivity contribution in [3.63, 3.8) is 0 Å². The van der Waals surface area contributed by atoms with Crippen molar-refractivity contribution in [3.8, 4) is 11.3 Å². The summed E-state index contributed by atoms with van der Waals surface area (Å²) in [6.45, 7) is 2.82. The summed E-state index contributed by atoms with van der Waals surface area (Å²) in [5, 5.41) is 9.97. The predicted octanol–water partition coefficient (Wildman–Crippen LogP) is 2.56. The average molecular weight is 349 g/mol. The van der Waals surface area contributed by atoms with Crippen LogP contribution in [0.5, 0.6) is 0 Å². The van der Waals surface area contributed by atoms with Crippen LogP contribution in [0.15, 0.2) is 54.7 Å². The van der Waals surface area contributed by atoms with E-state index < -0.39 is 0 Å². The number of benzene rings is 1. The van der Waals surface area contributed by atoms with Gasteiger partial charge in [0.2, 0.25) is 0 Å². The fourth-order valence-corrected chi connectivity index (χ4v) is 2.91. The summed E-state index contributed by atoms with van der Waals surface area (Å²) < 4.78 is 5.39. The predicted molar refractivity (Wildman–Crippen MR) is 99.2 cm³/mol. The van der Waals surface area contributed by atoms with Crippen LogP contribution in [0.25, 0.3) is 11.3 Å². The maximum Gasteiger partial charge on any atom is 0.273 e. The zero-order chi connectivity index (χ0) is 17.8. The van der Waals surface area contributed by atoms with Crippen molar-refractivity contribution in [3.05, 3.63) is 60.4 Å². The number of carbonyl (C=O) groups excluding carboxylic acids is 1. The highest BCUT2D eigenvalue weighted by Gasteiger charge is 2.18. The third-order valence-corrected chi connectivity index (χ3v) is 4.24. The Balaban J connectivity index is 1.53. The van der Waals surface area contributed by atoms with Gasteiger partial charge >= 0.3 is 0 Å². The fraction of sp³-hybridized carbons (Fsp3) is 0.211. The molecular formula is C19H19N5O2. The maximum atomic E-state index is 12.6. The van der Waals surface area contributed by atoms with Crippen molar-refractivity contribution in [2.24, 2.45) is 0 Å². The van der Waals surface area contributed by atoms with Gasteiger partial charge < -0.3 is 15.0 Å². The molecule has 3 heterocycles. The number of carbonyl (C=O) groups is 1. The lowest BCUT2D eigenvalue weighted by Crippen LogP contribution is -2.37. The van der Waals surface area contributed by atoms with E-state index in [9.17, 15) is 4.79 Å². The zero-order valence-corrected chi connectivity index (χ0v) is 14.2. The van der Waals surface area contributed by atoms with Gasteiger partial charge in [0.25, 0.3) is 5.91 Å². The maximum absolute atomic E-state index is 12.6. The molecule has 4 rings (SSSR count). The summed E-state index contributed by atoms with van der Waals surface area (Å²) in [7, 11) is 0. The molecule has 132 valence electrons. The van der Waals surface area contributed by atoms with Crippen molar-refractivity contribution in [1.82, 2.24) is 15.2 Å². The number of pyridine rings is 1. The first-order valence-electron chi connectivity index (χ1n) is 8.51. The summed E-state index contributed by atoms with van der Waals surface area (Å²) in [6, 6.07) is 15.1. The van der Waals surface area contributed by atoms with Gasteiger partial charge in [-0.05, 0) is 18.2 Å². The third-order valence-electron chi connectivity index (χ3n) is 4.24. The van der Waals surface area contributed by atoms with Gasteiger partial charge in [0.1, 0.15) is 5.69 Å². The minimum atomic E-state index is -0.248. The number of hydrogen-bond donors (Lipinski definition) is 2. The SMILES string of the molecule is O=C(Nc1cccnc1N1CCOCC1)c1cc(-c2ccccc2)n[nH]1. The molecule has 2 aromatic heterocycles. The van der Waals surface area contributed by atoms with Gasteiger partial charge in [-0.1, -0.05) is 30.3 Å². The highest BCUT2D eigenvalue weighted by molar-refractivity contribution is 6.04. The number of ether oxygens (including phenoxy) is 1. The molecule has 3 aromatic rings. The molecule has 1 aliphatic rings. The van der Waals surface area contributed by atoms with Crippen molar-refractivity contribution >= 4 is 17.4 Å². The smallest absolute Gasteiger partial charge is 0.273 e. The molecule has 7 nitrogen and oxygen atoms in total. The van der Waals surface area contributed by atoms with Gasteiger partial charge in [0.05, 0.1) is 24.6 Å². The molecule has 0 bridgehead atoms. The lowest BCUT2D eigenvalue weighted by Gasteiger charge is -2.29. The van der Waals surface area contributed by atoms with Crippen LogP contribution in [0.2, 0.25) is 0 Å². The summed E-state index contributed by atoms with van der Waals surface area (Å²) in [4.78, 5) is 19.2. The molecule has 0 radical (unpaired) electrons. The Hall–Kier alpha value is -3.19. The molecule has 1 amide bonds. The second kappa shape index (κ2) is 7.37. The summed E-state index contributed by atoms with van der Waals surface area (Å²) in [5.74, 6) is 0.508. The fourth-order valence-electron chi connectivity index (χ4n) is 2.91. The number of nitrogens with zero attached hydrogens (tertiary/aromatic N) is 3. The first-order chi connectivity index (χ1) is 12.8. The molecule has 0 saturated carbocycles. The molecule has 0 spiro atoms. The van der Waals surface area contributed by atoms with Crippen molar-refractivity contribution in [2.45, 2.75) is 0 Å². The van der Waals surface area contributed by atoms with Gasteiger partial charge in [0.15, 0.2) is 5.82 Å².